The molecular weight excluding hydrogens is 163 g/mol. The third-order valence-electron chi connectivity index (χ3n) is 2.17. The highest BCUT2D eigenvalue weighted by Crippen LogP contribution is 2.13. The van der Waals surface area contributed by atoms with Crippen LogP contribution < -0.4 is 0 Å². The minimum Gasteiger partial charge on any atom is -0.207 e. The second-order valence-corrected chi connectivity index (χ2v) is 3.43. The number of rotatable bonds is 4. The van der Waals surface area contributed by atoms with Gasteiger partial charge >= 0.3 is 0 Å². The van der Waals surface area contributed by atoms with Crippen LogP contribution in [0.3, 0.4) is 0 Å². The summed E-state index contributed by atoms with van der Waals surface area (Å²) < 4.78 is 13.2. The van der Waals surface area contributed by atoms with Crippen molar-refractivity contribution in [3.05, 3.63) is 35.1 Å². The SMILES string of the molecule is CCCc1ccc(F)c(CCC)c1. The summed E-state index contributed by atoms with van der Waals surface area (Å²) in [6, 6.07) is 5.48. The predicted molar refractivity (Wildman–Crippen MR) is 54.4 cm³/mol. The van der Waals surface area contributed by atoms with Crippen molar-refractivity contribution in [3.63, 3.8) is 0 Å². The Labute approximate surface area is 79.8 Å². The first-order valence-corrected chi connectivity index (χ1v) is 5.05. The molecule has 0 aliphatic carbocycles. The third-order valence-corrected chi connectivity index (χ3v) is 2.17. The van der Waals surface area contributed by atoms with Crippen LogP contribution in [0, 0.1) is 5.82 Å². The lowest BCUT2D eigenvalue weighted by molar-refractivity contribution is 0.606. The van der Waals surface area contributed by atoms with Crippen molar-refractivity contribution in [2.24, 2.45) is 0 Å². The molecule has 0 saturated carbocycles. The van der Waals surface area contributed by atoms with Crippen LogP contribution in [0.15, 0.2) is 18.2 Å². The highest BCUT2D eigenvalue weighted by Gasteiger charge is 2.01. The van der Waals surface area contributed by atoms with Crippen LogP contribution in [0.25, 0.3) is 0 Å². The van der Waals surface area contributed by atoms with Gasteiger partial charge in [-0.05, 0) is 30.0 Å². The molecule has 72 valence electrons. The molecular formula is C12H17F. The van der Waals surface area contributed by atoms with Crippen LogP contribution in [-0.4, -0.2) is 0 Å². The van der Waals surface area contributed by atoms with Crippen molar-refractivity contribution in [1.82, 2.24) is 0 Å². The first-order chi connectivity index (χ1) is 6.27. The summed E-state index contributed by atoms with van der Waals surface area (Å²) >= 11 is 0. The van der Waals surface area contributed by atoms with E-state index in [1.165, 1.54) is 5.56 Å². The maximum Gasteiger partial charge on any atom is 0.126 e. The van der Waals surface area contributed by atoms with Crippen LogP contribution in [0.4, 0.5) is 4.39 Å². The van der Waals surface area contributed by atoms with E-state index in [1.807, 2.05) is 12.1 Å². The Morgan fingerprint density at radius 3 is 2.38 bits per heavy atom. The van der Waals surface area contributed by atoms with Crippen molar-refractivity contribution in [2.45, 2.75) is 39.5 Å². The lowest BCUT2D eigenvalue weighted by Crippen LogP contribution is -1.92. The van der Waals surface area contributed by atoms with E-state index in [0.29, 0.717) is 0 Å². The second kappa shape index (κ2) is 5.00. The Bertz CT molecular complexity index is 266. The first-order valence-electron chi connectivity index (χ1n) is 5.05. The van der Waals surface area contributed by atoms with Gasteiger partial charge in [0, 0.05) is 0 Å². The summed E-state index contributed by atoms with van der Waals surface area (Å²) in [4.78, 5) is 0. The fourth-order valence-electron chi connectivity index (χ4n) is 1.53. The Morgan fingerprint density at radius 1 is 1.08 bits per heavy atom. The molecule has 0 spiro atoms. The van der Waals surface area contributed by atoms with Gasteiger partial charge in [0.05, 0.1) is 0 Å². The number of aryl methyl sites for hydroxylation is 2. The summed E-state index contributed by atoms with van der Waals surface area (Å²) in [6.45, 7) is 4.22. The zero-order chi connectivity index (χ0) is 9.68. The molecule has 0 aliphatic rings. The average molecular weight is 180 g/mol. The third kappa shape index (κ3) is 2.83. The van der Waals surface area contributed by atoms with Crippen LogP contribution in [0.2, 0.25) is 0 Å². The van der Waals surface area contributed by atoms with Crippen molar-refractivity contribution >= 4 is 0 Å². The van der Waals surface area contributed by atoms with Crippen molar-refractivity contribution < 1.29 is 4.39 Å². The number of hydrogen-bond acceptors (Lipinski definition) is 0. The number of halogens is 1. The average Bonchev–Trinajstić information content (AvgIpc) is 2.12. The summed E-state index contributed by atoms with van der Waals surface area (Å²) in [7, 11) is 0. The molecule has 1 heteroatoms. The zero-order valence-corrected chi connectivity index (χ0v) is 8.44. The summed E-state index contributed by atoms with van der Waals surface area (Å²) in [5.41, 5.74) is 2.13. The highest BCUT2D eigenvalue weighted by atomic mass is 19.1. The van der Waals surface area contributed by atoms with Gasteiger partial charge in [-0.25, -0.2) is 4.39 Å². The fourth-order valence-corrected chi connectivity index (χ4v) is 1.53. The van der Waals surface area contributed by atoms with E-state index >= 15 is 0 Å². The van der Waals surface area contributed by atoms with Crippen molar-refractivity contribution in [3.8, 4) is 0 Å². The lowest BCUT2D eigenvalue weighted by Gasteiger charge is -2.04. The molecule has 0 saturated heterocycles. The normalized spacial score (nSPS) is 10.4. The van der Waals surface area contributed by atoms with Crippen molar-refractivity contribution in [2.75, 3.05) is 0 Å². The van der Waals surface area contributed by atoms with Gasteiger partial charge in [-0.15, -0.1) is 0 Å². The maximum atomic E-state index is 13.2. The van der Waals surface area contributed by atoms with Crippen LogP contribution in [-0.2, 0) is 12.8 Å². The number of hydrogen-bond donors (Lipinski definition) is 0. The van der Waals surface area contributed by atoms with Crippen LogP contribution in [0.1, 0.15) is 37.8 Å². The number of benzene rings is 1. The summed E-state index contributed by atoms with van der Waals surface area (Å²) in [5.74, 6) is -0.0540. The molecule has 0 N–H and O–H groups in total. The van der Waals surface area contributed by atoms with Crippen molar-refractivity contribution in [1.29, 1.82) is 0 Å². The van der Waals surface area contributed by atoms with E-state index in [2.05, 4.69) is 13.8 Å². The molecule has 0 radical (unpaired) electrons. The molecule has 0 bridgehead atoms. The van der Waals surface area contributed by atoms with Crippen LogP contribution >= 0.6 is 0 Å². The molecule has 0 fully saturated rings. The van der Waals surface area contributed by atoms with Gasteiger partial charge < -0.3 is 0 Å². The van der Waals surface area contributed by atoms with Gasteiger partial charge in [0.25, 0.3) is 0 Å². The molecule has 0 aliphatic heterocycles. The van der Waals surface area contributed by atoms with Gasteiger partial charge in [-0.3, -0.25) is 0 Å². The molecule has 0 aromatic heterocycles. The molecule has 0 nitrogen and oxygen atoms in total. The van der Waals surface area contributed by atoms with Gasteiger partial charge in [-0.2, -0.15) is 0 Å². The van der Waals surface area contributed by atoms with Gasteiger partial charge in [-0.1, -0.05) is 38.8 Å². The maximum absolute atomic E-state index is 13.2. The van der Waals surface area contributed by atoms with E-state index < -0.39 is 0 Å². The smallest absolute Gasteiger partial charge is 0.126 e. The topological polar surface area (TPSA) is 0 Å². The van der Waals surface area contributed by atoms with Gasteiger partial charge in [0.2, 0.25) is 0 Å². The minimum absolute atomic E-state index is 0.0540. The highest BCUT2D eigenvalue weighted by molar-refractivity contribution is 5.25. The second-order valence-electron chi connectivity index (χ2n) is 3.43. The van der Waals surface area contributed by atoms with E-state index in [4.69, 9.17) is 0 Å². The largest absolute Gasteiger partial charge is 0.207 e. The van der Waals surface area contributed by atoms with Gasteiger partial charge in [0.1, 0.15) is 5.82 Å². The van der Waals surface area contributed by atoms with E-state index in [0.717, 1.165) is 31.2 Å². The molecule has 0 unspecified atom stereocenters. The Balaban J connectivity index is 2.83. The molecule has 0 heterocycles. The molecule has 13 heavy (non-hydrogen) atoms. The molecule has 1 aromatic rings. The summed E-state index contributed by atoms with van der Waals surface area (Å²) in [6.07, 6.45) is 4.03. The fraction of sp³-hybridized carbons (Fsp3) is 0.500. The summed E-state index contributed by atoms with van der Waals surface area (Å²) in [5, 5.41) is 0. The Kier molecular flexibility index (Phi) is 3.94. The van der Waals surface area contributed by atoms with E-state index in [-0.39, 0.29) is 5.82 Å². The predicted octanol–water partition coefficient (Wildman–Crippen LogP) is 3.73. The van der Waals surface area contributed by atoms with Crippen LogP contribution in [0.5, 0.6) is 0 Å². The standard InChI is InChI=1S/C12H17F/c1-3-5-10-7-8-12(13)11(9-10)6-4-2/h7-9H,3-6H2,1-2H3. The monoisotopic (exact) mass is 180 g/mol. The van der Waals surface area contributed by atoms with E-state index in [1.54, 1.807) is 6.07 Å². The van der Waals surface area contributed by atoms with Gasteiger partial charge in [0.15, 0.2) is 0 Å². The first kappa shape index (κ1) is 10.2. The quantitative estimate of drug-likeness (QED) is 0.662. The Morgan fingerprint density at radius 2 is 1.77 bits per heavy atom. The minimum atomic E-state index is -0.0540. The molecule has 1 rings (SSSR count). The Hall–Kier alpha value is -0.850. The molecule has 0 atom stereocenters. The van der Waals surface area contributed by atoms with E-state index in [9.17, 15) is 4.39 Å². The molecule has 0 amide bonds. The lowest BCUT2D eigenvalue weighted by atomic mass is 10.0. The molecule has 1 aromatic carbocycles. The zero-order valence-electron chi connectivity index (χ0n) is 8.44.